The van der Waals surface area contributed by atoms with E-state index in [0.717, 1.165) is 11.3 Å². The zero-order valence-electron chi connectivity index (χ0n) is 13.3. The largest absolute Gasteiger partial charge is 0.485 e. The number of carbonyl (C=O) groups excluding carboxylic acids is 1. The van der Waals surface area contributed by atoms with E-state index in [1.54, 1.807) is 29.8 Å². The number of para-hydroxylation sites is 2. The van der Waals surface area contributed by atoms with E-state index in [1.165, 1.54) is 6.21 Å². The summed E-state index contributed by atoms with van der Waals surface area (Å²) in [5.41, 5.74) is 4.62. The van der Waals surface area contributed by atoms with Crippen molar-refractivity contribution >= 4 is 12.1 Å². The van der Waals surface area contributed by atoms with Crippen molar-refractivity contribution in [3.63, 3.8) is 0 Å². The first-order valence-corrected chi connectivity index (χ1v) is 7.38. The van der Waals surface area contributed by atoms with Gasteiger partial charge in [0.25, 0.3) is 5.91 Å². The minimum atomic E-state index is -0.761. The molecule has 0 fully saturated rings. The molecule has 7 nitrogen and oxygen atoms in total. The number of carbonyl (C=O) groups is 1. The van der Waals surface area contributed by atoms with Crippen molar-refractivity contribution in [2.75, 3.05) is 6.61 Å². The third-order valence-corrected chi connectivity index (χ3v) is 3.87. The predicted molar refractivity (Wildman–Crippen MR) is 87.0 cm³/mol. The molecule has 3 rings (SSSR count). The summed E-state index contributed by atoms with van der Waals surface area (Å²) < 4.78 is 12.9. The third-order valence-electron chi connectivity index (χ3n) is 3.87. The molecule has 0 radical (unpaired) electrons. The van der Waals surface area contributed by atoms with E-state index < -0.39 is 12.0 Å². The van der Waals surface area contributed by atoms with Gasteiger partial charge in [0.2, 0.25) is 6.10 Å². The third kappa shape index (κ3) is 2.94. The number of nitrogens with zero attached hydrogens (tertiary/aromatic N) is 3. The molecular weight excluding hydrogens is 308 g/mol. The van der Waals surface area contributed by atoms with Crippen molar-refractivity contribution < 1.29 is 14.3 Å². The molecule has 122 valence electrons. The maximum absolute atomic E-state index is 12.1. The number of nitriles is 1. The Morgan fingerprint density at radius 1 is 1.46 bits per heavy atom. The van der Waals surface area contributed by atoms with Crippen LogP contribution in [0.15, 0.2) is 35.4 Å². The Hall–Kier alpha value is -3.27. The summed E-state index contributed by atoms with van der Waals surface area (Å²) in [7, 11) is 1.80. The highest BCUT2D eigenvalue weighted by atomic mass is 16.6. The van der Waals surface area contributed by atoms with Crippen LogP contribution in [0.3, 0.4) is 0 Å². The highest BCUT2D eigenvalue weighted by Crippen LogP contribution is 2.30. The molecule has 2 heterocycles. The monoisotopic (exact) mass is 324 g/mol. The number of ether oxygens (including phenoxy) is 2. The molecule has 0 spiro atoms. The number of aromatic nitrogens is 1. The van der Waals surface area contributed by atoms with Crippen LogP contribution in [0.5, 0.6) is 11.5 Å². The van der Waals surface area contributed by atoms with Crippen molar-refractivity contribution in [2.45, 2.75) is 13.0 Å². The Labute approximate surface area is 139 Å². The second-order valence-corrected chi connectivity index (χ2v) is 5.34. The highest BCUT2D eigenvalue weighted by molar-refractivity contribution is 5.86. The van der Waals surface area contributed by atoms with Crippen LogP contribution in [0, 0.1) is 18.3 Å². The molecule has 0 bridgehead atoms. The van der Waals surface area contributed by atoms with Crippen molar-refractivity contribution in [1.82, 2.24) is 9.99 Å². The van der Waals surface area contributed by atoms with Crippen molar-refractivity contribution in [3.8, 4) is 17.6 Å². The van der Waals surface area contributed by atoms with Gasteiger partial charge in [-0.3, -0.25) is 4.79 Å². The molecule has 1 aliphatic heterocycles. The smallest absolute Gasteiger partial charge is 0.284 e. The van der Waals surface area contributed by atoms with Gasteiger partial charge in [-0.2, -0.15) is 10.4 Å². The lowest BCUT2D eigenvalue weighted by atomic mass is 10.2. The summed E-state index contributed by atoms with van der Waals surface area (Å²) >= 11 is 0. The van der Waals surface area contributed by atoms with Gasteiger partial charge in [-0.25, -0.2) is 5.43 Å². The summed E-state index contributed by atoms with van der Waals surface area (Å²) in [5, 5.41) is 12.9. The van der Waals surface area contributed by atoms with Gasteiger partial charge in [0.05, 0.1) is 6.21 Å². The zero-order valence-corrected chi connectivity index (χ0v) is 13.3. The fourth-order valence-electron chi connectivity index (χ4n) is 2.35. The minimum absolute atomic E-state index is 0.126. The number of hydrazone groups is 1. The van der Waals surface area contributed by atoms with Gasteiger partial charge >= 0.3 is 0 Å². The average Bonchev–Trinajstić information content (AvgIpc) is 2.89. The lowest BCUT2D eigenvalue weighted by molar-refractivity contribution is -0.130. The number of rotatable bonds is 3. The summed E-state index contributed by atoms with van der Waals surface area (Å²) in [6.07, 6.45) is 0.745. The van der Waals surface area contributed by atoms with Crippen LogP contribution in [-0.2, 0) is 11.8 Å². The molecule has 2 aromatic rings. The number of fused-ring (bicyclic) bond motifs is 1. The highest BCUT2D eigenvalue weighted by Gasteiger charge is 2.27. The van der Waals surface area contributed by atoms with E-state index in [9.17, 15) is 4.79 Å². The number of hydrogen-bond donors (Lipinski definition) is 1. The molecule has 1 amide bonds. The molecule has 1 N–H and O–H groups in total. The molecule has 1 aliphatic rings. The average molecular weight is 324 g/mol. The second-order valence-electron chi connectivity index (χ2n) is 5.34. The zero-order chi connectivity index (χ0) is 17.1. The molecule has 1 atom stereocenters. The molecule has 1 aromatic carbocycles. The van der Waals surface area contributed by atoms with Gasteiger partial charge in [0.1, 0.15) is 18.4 Å². The van der Waals surface area contributed by atoms with E-state index in [-0.39, 0.29) is 6.61 Å². The Balaban J connectivity index is 1.63. The van der Waals surface area contributed by atoms with E-state index in [0.29, 0.717) is 17.2 Å². The molecule has 1 aromatic heterocycles. The molecule has 24 heavy (non-hydrogen) atoms. The fraction of sp³-hybridized carbons (Fsp3) is 0.235. The van der Waals surface area contributed by atoms with Crippen LogP contribution in [0.2, 0.25) is 0 Å². The van der Waals surface area contributed by atoms with Crippen LogP contribution >= 0.6 is 0 Å². The SMILES string of the molecule is Cc1c(/C=N\NC(=O)[C@H]2COc3ccccc3O2)cc(C#N)n1C. The topological polar surface area (TPSA) is 88.6 Å². The predicted octanol–water partition coefficient (Wildman–Crippen LogP) is 1.50. The summed E-state index contributed by atoms with van der Waals surface area (Å²) in [5.74, 6) is 0.759. The second kappa shape index (κ2) is 6.46. The van der Waals surface area contributed by atoms with Crippen LogP contribution in [-0.4, -0.2) is 29.4 Å². The van der Waals surface area contributed by atoms with Crippen LogP contribution in [0.25, 0.3) is 0 Å². The molecule has 0 aliphatic carbocycles. The van der Waals surface area contributed by atoms with Gasteiger partial charge in [-0.15, -0.1) is 0 Å². The summed E-state index contributed by atoms with van der Waals surface area (Å²) in [6, 6.07) is 11.0. The van der Waals surface area contributed by atoms with Gasteiger partial charge in [-0.1, -0.05) is 12.1 Å². The van der Waals surface area contributed by atoms with Crippen molar-refractivity contribution in [3.05, 3.63) is 47.3 Å². The van der Waals surface area contributed by atoms with Crippen LogP contribution < -0.4 is 14.9 Å². The first-order valence-electron chi connectivity index (χ1n) is 7.38. The Morgan fingerprint density at radius 3 is 2.92 bits per heavy atom. The molecular formula is C17H16N4O3. The van der Waals surface area contributed by atoms with Crippen molar-refractivity contribution in [2.24, 2.45) is 12.1 Å². The van der Waals surface area contributed by atoms with Gasteiger partial charge in [0.15, 0.2) is 11.5 Å². The van der Waals surface area contributed by atoms with Crippen molar-refractivity contribution in [1.29, 1.82) is 5.26 Å². The Bertz CT molecular complexity index is 848. The quantitative estimate of drug-likeness (QED) is 0.684. The normalized spacial score (nSPS) is 16.0. The summed E-state index contributed by atoms with van der Waals surface area (Å²) in [6.45, 7) is 2.00. The van der Waals surface area contributed by atoms with Gasteiger partial charge in [0, 0.05) is 18.3 Å². The number of nitrogens with one attached hydrogen (secondary N) is 1. The maximum atomic E-state index is 12.1. The van der Waals surface area contributed by atoms with E-state index in [1.807, 2.05) is 19.1 Å². The van der Waals surface area contributed by atoms with Crippen LogP contribution in [0.1, 0.15) is 17.0 Å². The number of benzene rings is 1. The summed E-state index contributed by atoms with van der Waals surface area (Å²) in [4.78, 5) is 12.1. The number of amides is 1. The number of hydrogen-bond acceptors (Lipinski definition) is 5. The molecule has 0 saturated heterocycles. The lowest BCUT2D eigenvalue weighted by Crippen LogP contribution is -2.42. The van der Waals surface area contributed by atoms with E-state index in [2.05, 4.69) is 16.6 Å². The van der Waals surface area contributed by atoms with Crippen LogP contribution in [0.4, 0.5) is 0 Å². The minimum Gasteiger partial charge on any atom is -0.485 e. The lowest BCUT2D eigenvalue weighted by Gasteiger charge is -2.24. The first kappa shape index (κ1) is 15.6. The van der Waals surface area contributed by atoms with Gasteiger partial charge < -0.3 is 14.0 Å². The molecule has 7 heteroatoms. The Kier molecular flexibility index (Phi) is 4.20. The molecule has 0 unspecified atom stereocenters. The first-order chi connectivity index (χ1) is 11.6. The van der Waals surface area contributed by atoms with Gasteiger partial charge in [-0.05, 0) is 25.1 Å². The standard InChI is InChI=1S/C17H16N4O3/c1-11-12(7-13(8-18)21(11)2)9-19-20-17(22)16-10-23-14-5-3-4-6-15(14)24-16/h3-7,9,16H,10H2,1-2H3,(H,20,22)/b19-9-/t16-/m1/s1. The molecule has 0 saturated carbocycles. The fourth-order valence-corrected chi connectivity index (χ4v) is 2.35. The maximum Gasteiger partial charge on any atom is 0.284 e. The van der Waals surface area contributed by atoms with E-state index in [4.69, 9.17) is 14.7 Å². The van der Waals surface area contributed by atoms with E-state index >= 15 is 0 Å². The Morgan fingerprint density at radius 2 is 2.21 bits per heavy atom.